The molecule has 1 aliphatic heterocycles. The van der Waals surface area contributed by atoms with Gasteiger partial charge in [-0.25, -0.2) is 13.5 Å². The molecule has 1 aromatic heterocycles. The van der Waals surface area contributed by atoms with Crippen LogP contribution in [0.5, 0.6) is 5.75 Å². The Kier molecular flexibility index (Phi) is 5.39. The number of halogens is 2. The molecule has 1 N–H and O–H groups in total. The van der Waals surface area contributed by atoms with Crippen LogP contribution in [0.2, 0.25) is 0 Å². The largest absolute Gasteiger partial charge is 0.494 e. The fourth-order valence-electron chi connectivity index (χ4n) is 3.65. The van der Waals surface area contributed by atoms with Gasteiger partial charge in [-0.3, -0.25) is 4.79 Å². The first kappa shape index (κ1) is 19.9. The van der Waals surface area contributed by atoms with Gasteiger partial charge < -0.3 is 15.0 Å². The second-order valence-electron chi connectivity index (χ2n) is 7.32. The van der Waals surface area contributed by atoms with E-state index in [-0.39, 0.29) is 17.6 Å². The lowest BCUT2D eigenvalue weighted by Gasteiger charge is -2.19. The molecule has 1 fully saturated rings. The zero-order chi connectivity index (χ0) is 21.3. The average molecular weight is 412 g/mol. The quantitative estimate of drug-likeness (QED) is 0.697. The predicted octanol–water partition coefficient (Wildman–Crippen LogP) is 3.48. The molecule has 3 aromatic rings. The molecule has 2 aromatic carbocycles. The van der Waals surface area contributed by atoms with Crippen LogP contribution in [0.1, 0.15) is 22.5 Å². The Labute approximate surface area is 173 Å². The van der Waals surface area contributed by atoms with Crippen molar-refractivity contribution in [3.8, 4) is 11.4 Å². The molecule has 156 valence electrons. The summed E-state index contributed by atoms with van der Waals surface area (Å²) in [5.41, 5.74) is 2.41. The number of anilines is 1. The summed E-state index contributed by atoms with van der Waals surface area (Å²) in [6.07, 6.45) is 2.37. The van der Waals surface area contributed by atoms with E-state index < -0.39 is 11.6 Å². The van der Waals surface area contributed by atoms with E-state index in [4.69, 9.17) is 4.74 Å². The number of nitrogens with zero attached hydrogens (tertiary/aromatic N) is 3. The van der Waals surface area contributed by atoms with Crippen LogP contribution >= 0.6 is 0 Å². The minimum absolute atomic E-state index is 0.152. The Bertz CT molecular complexity index is 1080. The highest BCUT2D eigenvalue weighted by atomic mass is 19.1. The van der Waals surface area contributed by atoms with Crippen LogP contribution in [-0.2, 0) is 0 Å². The normalized spacial score (nSPS) is 16.0. The summed E-state index contributed by atoms with van der Waals surface area (Å²) in [6.45, 7) is 2.99. The first-order valence-electron chi connectivity index (χ1n) is 9.66. The average Bonchev–Trinajstić information content (AvgIpc) is 3.38. The van der Waals surface area contributed by atoms with E-state index in [2.05, 4.69) is 10.4 Å². The SMILES string of the molecule is COc1ccc(C)cc1-n1ccc(C(=O)NC2CCN(c3ccc(F)cc3F)C2)n1. The summed E-state index contributed by atoms with van der Waals surface area (Å²) in [5, 5.41) is 7.33. The lowest BCUT2D eigenvalue weighted by molar-refractivity contribution is 0.0935. The molecule has 8 heteroatoms. The van der Waals surface area contributed by atoms with E-state index >= 15 is 0 Å². The minimum atomic E-state index is -0.610. The van der Waals surface area contributed by atoms with Gasteiger partial charge in [-0.15, -0.1) is 0 Å². The first-order chi connectivity index (χ1) is 14.4. The summed E-state index contributed by atoms with van der Waals surface area (Å²) < 4.78 is 34.1. The van der Waals surface area contributed by atoms with Crippen molar-refractivity contribution < 1.29 is 18.3 Å². The molecule has 1 aliphatic rings. The fourth-order valence-corrected chi connectivity index (χ4v) is 3.65. The number of nitrogens with one attached hydrogen (secondary N) is 1. The van der Waals surface area contributed by atoms with Crippen LogP contribution < -0.4 is 15.0 Å². The highest BCUT2D eigenvalue weighted by molar-refractivity contribution is 5.92. The molecule has 1 amide bonds. The first-order valence-corrected chi connectivity index (χ1v) is 9.66. The topological polar surface area (TPSA) is 59.4 Å². The van der Waals surface area contributed by atoms with Crippen LogP contribution in [-0.4, -0.2) is 41.9 Å². The van der Waals surface area contributed by atoms with Crippen molar-refractivity contribution in [1.82, 2.24) is 15.1 Å². The number of carbonyl (C=O) groups is 1. The number of hydrogen-bond donors (Lipinski definition) is 1. The predicted molar refractivity (Wildman–Crippen MR) is 109 cm³/mol. The van der Waals surface area contributed by atoms with Crippen LogP contribution in [0.15, 0.2) is 48.7 Å². The molecule has 4 rings (SSSR count). The number of methoxy groups -OCH3 is 1. The summed E-state index contributed by atoms with van der Waals surface area (Å²) in [7, 11) is 1.58. The van der Waals surface area contributed by atoms with Gasteiger partial charge in [0, 0.05) is 31.4 Å². The summed E-state index contributed by atoms with van der Waals surface area (Å²) in [6, 6.07) is 10.7. The maximum Gasteiger partial charge on any atom is 0.272 e. The summed E-state index contributed by atoms with van der Waals surface area (Å²) in [5.74, 6) is -0.857. The third-order valence-electron chi connectivity index (χ3n) is 5.18. The highest BCUT2D eigenvalue weighted by Gasteiger charge is 2.27. The molecule has 0 spiro atoms. The maximum atomic E-state index is 14.0. The molecule has 0 bridgehead atoms. The number of rotatable bonds is 5. The van der Waals surface area contributed by atoms with E-state index in [9.17, 15) is 13.6 Å². The van der Waals surface area contributed by atoms with Crippen molar-refractivity contribution >= 4 is 11.6 Å². The zero-order valence-corrected chi connectivity index (χ0v) is 16.7. The molecule has 1 atom stereocenters. The number of carbonyl (C=O) groups excluding carboxylic acids is 1. The Morgan fingerprint density at radius 1 is 1.17 bits per heavy atom. The minimum Gasteiger partial charge on any atom is -0.494 e. The van der Waals surface area contributed by atoms with E-state index in [0.29, 0.717) is 30.9 Å². The molecule has 0 saturated carbocycles. The third kappa shape index (κ3) is 3.98. The lowest BCUT2D eigenvalue weighted by atomic mass is 10.2. The van der Waals surface area contributed by atoms with Crippen LogP contribution in [0.3, 0.4) is 0 Å². The van der Waals surface area contributed by atoms with E-state index in [1.54, 1.807) is 29.0 Å². The number of benzene rings is 2. The highest BCUT2D eigenvalue weighted by Crippen LogP contribution is 2.25. The van der Waals surface area contributed by atoms with E-state index in [1.807, 2.05) is 25.1 Å². The summed E-state index contributed by atoms with van der Waals surface area (Å²) >= 11 is 0. The lowest BCUT2D eigenvalue weighted by Crippen LogP contribution is -2.37. The monoisotopic (exact) mass is 412 g/mol. The molecule has 6 nitrogen and oxygen atoms in total. The van der Waals surface area contributed by atoms with Gasteiger partial charge in [0.1, 0.15) is 23.1 Å². The molecule has 1 saturated heterocycles. The number of hydrogen-bond acceptors (Lipinski definition) is 4. The van der Waals surface area contributed by atoms with Crippen molar-refractivity contribution in [2.45, 2.75) is 19.4 Å². The van der Waals surface area contributed by atoms with Crippen molar-refractivity contribution in [3.63, 3.8) is 0 Å². The standard InChI is InChI=1S/C22H22F2N4O2/c1-14-3-6-21(30-2)20(11-14)28-10-8-18(26-28)22(29)25-16-7-9-27(13-16)19-5-4-15(23)12-17(19)24/h3-6,8,10-12,16H,7,9,13H2,1-2H3,(H,25,29). The van der Waals surface area contributed by atoms with Gasteiger partial charge in [-0.2, -0.15) is 5.10 Å². The molecule has 2 heterocycles. The fraction of sp³-hybridized carbons (Fsp3) is 0.273. The Morgan fingerprint density at radius 2 is 2.00 bits per heavy atom. The van der Waals surface area contributed by atoms with Gasteiger partial charge in [0.25, 0.3) is 5.91 Å². The second-order valence-corrected chi connectivity index (χ2v) is 7.32. The van der Waals surface area contributed by atoms with Crippen molar-refractivity contribution in [1.29, 1.82) is 0 Å². The van der Waals surface area contributed by atoms with Crippen LogP contribution in [0.25, 0.3) is 5.69 Å². The summed E-state index contributed by atoms with van der Waals surface area (Å²) in [4.78, 5) is 14.5. The van der Waals surface area contributed by atoms with Crippen LogP contribution in [0, 0.1) is 18.6 Å². The number of ether oxygens (including phenoxy) is 1. The molecule has 1 unspecified atom stereocenters. The maximum absolute atomic E-state index is 14.0. The molecule has 0 radical (unpaired) electrons. The van der Waals surface area contributed by atoms with Gasteiger partial charge in [-0.05, 0) is 49.2 Å². The van der Waals surface area contributed by atoms with Crippen molar-refractivity contribution in [3.05, 3.63) is 71.6 Å². The van der Waals surface area contributed by atoms with E-state index in [0.717, 1.165) is 17.3 Å². The molecular weight excluding hydrogens is 390 g/mol. The smallest absolute Gasteiger partial charge is 0.272 e. The van der Waals surface area contributed by atoms with Gasteiger partial charge in [0.05, 0.1) is 12.8 Å². The van der Waals surface area contributed by atoms with E-state index in [1.165, 1.54) is 12.1 Å². The third-order valence-corrected chi connectivity index (χ3v) is 5.18. The molecule has 30 heavy (non-hydrogen) atoms. The molecule has 0 aliphatic carbocycles. The zero-order valence-electron chi connectivity index (χ0n) is 16.7. The number of aromatic nitrogens is 2. The Balaban J connectivity index is 1.44. The van der Waals surface area contributed by atoms with Crippen molar-refractivity contribution in [2.75, 3.05) is 25.1 Å². The number of amides is 1. The molecular formula is C22H22F2N4O2. The second kappa shape index (κ2) is 8.14. The Hall–Kier alpha value is -3.42. The van der Waals surface area contributed by atoms with Gasteiger partial charge in [0.2, 0.25) is 0 Å². The van der Waals surface area contributed by atoms with Gasteiger partial charge >= 0.3 is 0 Å². The van der Waals surface area contributed by atoms with Crippen molar-refractivity contribution in [2.24, 2.45) is 0 Å². The van der Waals surface area contributed by atoms with Gasteiger partial charge in [0.15, 0.2) is 5.69 Å². The van der Waals surface area contributed by atoms with Gasteiger partial charge in [-0.1, -0.05) is 6.07 Å². The number of aryl methyl sites for hydroxylation is 1. The Morgan fingerprint density at radius 3 is 2.77 bits per heavy atom. The van der Waals surface area contributed by atoms with Crippen LogP contribution in [0.4, 0.5) is 14.5 Å².